The predicted molar refractivity (Wildman–Crippen MR) is 97.9 cm³/mol. The highest BCUT2D eigenvalue weighted by atomic mass is 19.1. The molecule has 0 saturated heterocycles. The van der Waals surface area contributed by atoms with Crippen LogP contribution >= 0.6 is 0 Å². The molecule has 5 nitrogen and oxygen atoms in total. The summed E-state index contributed by atoms with van der Waals surface area (Å²) in [7, 11) is 0. The highest BCUT2D eigenvalue weighted by Gasteiger charge is 2.22. The lowest BCUT2D eigenvalue weighted by molar-refractivity contribution is 0.332. The Morgan fingerprint density at radius 1 is 1.08 bits per heavy atom. The first-order chi connectivity index (χ1) is 12.6. The van der Waals surface area contributed by atoms with Crippen LogP contribution in [-0.2, 0) is 6.54 Å². The van der Waals surface area contributed by atoms with Crippen LogP contribution < -0.4 is 11.2 Å². The van der Waals surface area contributed by atoms with Gasteiger partial charge in [-0.15, -0.1) is 0 Å². The molecule has 0 aliphatic heterocycles. The molecule has 4 rings (SSSR count). The van der Waals surface area contributed by atoms with Crippen molar-refractivity contribution in [1.29, 1.82) is 0 Å². The molecule has 0 bridgehead atoms. The van der Waals surface area contributed by atoms with Gasteiger partial charge in [0.1, 0.15) is 11.5 Å². The number of aromatic nitrogens is 3. The first-order valence-corrected chi connectivity index (χ1v) is 8.99. The molecule has 0 amide bonds. The predicted octanol–water partition coefficient (Wildman–Crippen LogP) is 3.25. The molecule has 0 spiro atoms. The van der Waals surface area contributed by atoms with E-state index in [0.717, 1.165) is 32.1 Å². The molecule has 1 fully saturated rings. The largest absolute Gasteiger partial charge is 0.333 e. The van der Waals surface area contributed by atoms with E-state index in [4.69, 9.17) is 0 Å². The van der Waals surface area contributed by atoms with Crippen molar-refractivity contribution in [3.8, 4) is 0 Å². The number of fused-ring (bicyclic) bond motifs is 1. The van der Waals surface area contributed by atoms with Crippen molar-refractivity contribution in [3.05, 3.63) is 74.8 Å². The minimum absolute atomic E-state index is 0.0767. The normalized spacial score (nSPS) is 15.4. The van der Waals surface area contributed by atoms with Crippen LogP contribution in [0.3, 0.4) is 0 Å². The zero-order valence-electron chi connectivity index (χ0n) is 14.4. The van der Waals surface area contributed by atoms with Crippen LogP contribution in [0.1, 0.15) is 43.7 Å². The lowest BCUT2D eigenvalue weighted by Crippen LogP contribution is -2.43. The number of benzene rings is 1. The maximum Gasteiger partial charge on any atom is 0.333 e. The van der Waals surface area contributed by atoms with E-state index >= 15 is 0 Å². The Kier molecular flexibility index (Phi) is 4.41. The molecule has 0 unspecified atom stereocenters. The van der Waals surface area contributed by atoms with Crippen LogP contribution in [0.2, 0.25) is 0 Å². The monoisotopic (exact) mass is 353 g/mol. The third-order valence-electron chi connectivity index (χ3n) is 5.10. The van der Waals surface area contributed by atoms with E-state index in [1.807, 2.05) is 0 Å². The summed E-state index contributed by atoms with van der Waals surface area (Å²) in [6.45, 7) is 0.178. The van der Waals surface area contributed by atoms with E-state index in [9.17, 15) is 14.0 Å². The highest BCUT2D eigenvalue weighted by Crippen LogP contribution is 2.26. The second-order valence-corrected chi connectivity index (χ2v) is 6.84. The molecule has 1 aliphatic rings. The quantitative estimate of drug-likeness (QED) is 0.726. The molecule has 26 heavy (non-hydrogen) atoms. The van der Waals surface area contributed by atoms with Crippen LogP contribution in [-0.4, -0.2) is 14.1 Å². The number of rotatable bonds is 3. The van der Waals surface area contributed by atoms with E-state index in [0.29, 0.717) is 16.6 Å². The van der Waals surface area contributed by atoms with Crippen LogP contribution in [0.25, 0.3) is 11.0 Å². The van der Waals surface area contributed by atoms with Crippen LogP contribution in [0.15, 0.2) is 52.2 Å². The molecule has 6 heteroatoms. The molecule has 1 saturated carbocycles. The summed E-state index contributed by atoms with van der Waals surface area (Å²) in [6.07, 6.45) is 6.41. The highest BCUT2D eigenvalue weighted by molar-refractivity contribution is 5.73. The Morgan fingerprint density at radius 3 is 2.65 bits per heavy atom. The van der Waals surface area contributed by atoms with Crippen LogP contribution in [0.5, 0.6) is 0 Å². The molecular weight excluding hydrogens is 333 g/mol. The summed E-state index contributed by atoms with van der Waals surface area (Å²) in [6, 6.07) is 9.47. The summed E-state index contributed by atoms with van der Waals surface area (Å²) < 4.78 is 16.4. The Labute approximate surface area is 149 Å². The molecular formula is C20H20FN3O2. The zero-order valence-corrected chi connectivity index (χ0v) is 14.4. The fourth-order valence-corrected chi connectivity index (χ4v) is 3.84. The first-order valence-electron chi connectivity index (χ1n) is 8.99. The summed E-state index contributed by atoms with van der Waals surface area (Å²) in [5.41, 5.74) is 0.365. The maximum absolute atomic E-state index is 13.6. The molecule has 134 valence electrons. The molecule has 1 aromatic carbocycles. The number of nitrogens with zero attached hydrogens (tertiary/aromatic N) is 3. The first kappa shape index (κ1) is 16.7. The Bertz CT molecular complexity index is 1060. The lowest BCUT2D eigenvalue weighted by atomic mass is 9.95. The second-order valence-electron chi connectivity index (χ2n) is 6.84. The summed E-state index contributed by atoms with van der Waals surface area (Å²) in [5.74, 6) is -0.353. The van der Waals surface area contributed by atoms with Crippen molar-refractivity contribution in [2.45, 2.75) is 44.7 Å². The minimum Gasteiger partial charge on any atom is -0.273 e. The topological polar surface area (TPSA) is 56.9 Å². The molecule has 2 heterocycles. The fourth-order valence-electron chi connectivity index (χ4n) is 3.84. The summed E-state index contributed by atoms with van der Waals surface area (Å²) in [5, 5.41) is 0.425. The number of hydrogen-bond acceptors (Lipinski definition) is 3. The van der Waals surface area contributed by atoms with Crippen molar-refractivity contribution in [1.82, 2.24) is 14.1 Å². The lowest BCUT2D eigenvalue weighted by Gasteiger charge is -2.24. The van der Waals surface area contributed by atoms with Gasteiger partial charge >= 0.3 is 5.69 Å². The number of halogens is 1. The van der Waals surface area contributed by atoms with Gasteiger partial charge < -0.3 is 0 Å². The van der Waals surface area contributed by atoms with Gasteiger partial charge in [-0.1, -0.05) is 31.4 Å². The van der Waals surface area contributed by atoms with Gasteiger partial charge in [0.15, 0.2) is 0 Å². The van der Waals surface area contributed by atoms with Gasteiger partial charge in [0.05, 0.1) is 11.9 Å². The van der Waals surface area contributed by atoms with Crippen molar-refractivity contribution in [2.24, 2.45) is 0 Å². The van der Waals surface area contributed by atoms with E-state index in [2.05, 4.69) is 4.98 Å². The van der Waals surface area contributed by atoms with Crippen molar-refractivity contribution in [2.75, 3.05) is 0 Å². The van der Waals surface area contributed by atoms with E-state index in [1.54, 1.807) is 30.5 Å². The third-order valence-corrected chi connectivity index (χ3v) is 5.10. The molecule has 0 N–H and O–H groups in total. The summed E-state index contributed by atoms with van der Waals surface area (Å²) in [4.78, 5) is 30.4. The average Bonchev–Trinajstić information content (AvgIpc) is 2.66. The molecule has 0 atom stereocenters. The molecule has 0 radical (unpaired) electrons. The van der Waals surface area contributed by atoms with Gasteiger partial charge in [0.2, 0.25) is 0 Å². The van der Waals surface area contributed by atoms with Gasteiger partial charge in [-0.3, -0.25) is 13.9 Å². The Morgan fingerprint density at radius 2 is 1.88 bits per heavy atom. The molecule has 1 aliphatic carbocycles. The van der Waals surface area contributed by atoms with Gasteiger partial charge in [0.25, 0.3) is 5.56 Å². The smallest absolute Gasteiger partial charge is 0.273 e. The standard InChI is InChI=1S/C20H20FN3O2/c21-15-7-4-6-14(12-15)13-23-18-17(10-5-11-22-18)19(25)24(20(23)26)16-8-2-1-3-9-16/h4-7,10-12,16H,1-3,8-9,13H2. The van der Waals surface area contributed by atoms with Gasteiger partial charge in [0, 0.05) is 12.2 Å². The third kappa shape index (κ3) is 2.96. The van der Waals surface area contributed by atoms with Crippen LogP contribution in [0.4, 0.5) is 4.39 Å². The van der Waals surface area contributed by atoms with Crippen molar-refractivity contribution < 1.29 is 4.39 Å². The van der Waals surface area contributed by atoms with E-state index in [-0.39, 0.29) is 29.7 Å². The van der Waals surface area contributed by atoms with Gasteiger partial charge in [-0.2, -0.15) is 0 Å². The minimum atomic E-state index is -0.364. The number of pyridine rings is 1. The zero-order chi connectivity index (χ0) is 18.1. The van der Waals surface area contributed by atoms with Crippen LogP contribution in [0, 0.1) is 5.82 Å². The fraction of sp³-hybridized carbons (Fsp3) is 0.350. The van der Waals surface area contributed by atoms with E-state index < -0.39 is 0 Å². The van der Waals surface area contributed by atoms with Crippen molar-refractivity contribution in [3.63, 3.8) is 0 Å². The number of hydrogen-bond donors (Lipinski definition) is 0. The Hall–Kier alpha value is -2.76. The maximum atomic E-state index is 13.6. The Balaban J connectivity index is 1.93. The van der Waals surface area contributed by atoms with Gasteiger partial charge in [-0.25, -0.2) is 14.2 Å². The second kappa shape index (κ2) is 6.86. The molecule has 2 aromatic heterocycles. The van der Waals surface area contributed by atoms with Gasteiger partial charge in [-0.05, 0) is 42.7 Å². The molecule has 3 aromatic rings. The van der Waals surface area contributed by atoms with Crippen molar-refractivity contribution >= 4 is 11.0 Å². The van der Waals surface area contributed by atoms with E-state index in [1.165, 1.54) is 21.3 Å². The SMILES string of the molecule is O=c1c2cccnc2n(Cc2cccc(F)c2)c(=O)n1C1CCCCC1. The summed E-state index contributed by atoms with van der Waals surface area (Å²) >= 11 is 0. The average molecular weight is 353 g/mol.